The van der Waals surface area contributed by atoms with Crippen molar-refractivity contribution in [1.29, 1.82) is 0 Å². The van der Waals surface area contributed by atoms with E-state index in [4.69, 9.17) is 0 Å². The van der Waals surface area contributed by atoms with Crippen LogP contribution in [0.15, 0.2) is 47.6 Å². The van der Waals surface area contributed by atoms with Crippen LogP contribution in [0.2, 0.25) is 0 Å². The molecule has 0 aromatic heterocycles. The van der Waals surface area contributed by atoms with Gasteiger partial charge < -0.3 is 4.90 Å². The maximum atomic E-state index is 11.9. The summed E-state index contributed by atoms with van der Waals surface area (Å²) < 4.78 is 0. The van der Waals surface area contributed by atoms with Crippen LogP contribution in [0.1, 0.15) is 5.56 Å². The molecule has 0 bridgehead atoms. The summed E-state index contributed by atoms with van der Waals surface area (Å²) in [5, 5.41) is 6.43. The monoisotopic (exact) mass is 310 g/mol. The molecule has 0 radical (unpaired) electrons. The maximum Gasteiger partial charge on any atom is 0.254 e. The first-order valence-corrected chi connectivity index (χ1v) is 7.92. The summed E-state index contributed by atoms with van der Waals surface area (Å²) in [6.07, 6.45) is 1.69. The molecule has 0 aliphatic carbocycles. The highest BCUT2D eigenvalue weighted by Crippen LogP contribution is 2.14. The lowest BCUT2D eigenvalue weighted by atomic mass is 10.1. The zero-order valence-electron chi connectivity index (χ0n) is 13.4. The first kappa shape index (κ1) is 15.6. The summed E-state index contributed by atoms with van der Waals surface area (Å²) in [5.74, 6) is -0.0633. The minimum atomic E-state index is -0.0633. The molecule has 1 heterocycles. The molecule has 23 heavy (non-hydrogen) atoms. The van der Waals surface area contributed by atoms with Gasteiger partial charge in [-0.3, -0.25) is 9.69 Å². The Hall–Kier alpha value is -2.24. The van der Waals surface area contributed by atoms with Crippen molar-refractivity contribution < 1.29 is 4.79 Å². The summed E-state index contributed by atoms with van der Waals surface area (Å²) >= 11 is 0. The van der Waals surface area contributed by atoms with Crippen LogP contribution < -0.4 is 5.43 Å². The van der Waals surface area contributed by atoms with Crippen LogP contribution in [0.3, 0.4) is 0 Å². The van der Waals surface area contributed by atoms with Gasteiger partial charge in [0, 0.05) is 26.2 Å². The topological polar surface area (TPSA) is 47.9 Å². The number of fused-ring (bicyclic) bond motifs is 1. The molecule has 0 saturated carbocycles. The average molecular weight is 310 g/mol. The van der Waals surface area contributed by atoms with Gasteiger partial charge in [-0.1, -0.05) is 36.4 Å². The Morgan fingerprint density at radius 2 is 1.87 bits per heavy atom. The Balaban J connectivity index is 1.52. The maximum absolute atomic E-state index is 11.9. The smallest absolute Gasteiger partial charge is 0.254 e. The lowest BCUT2D eigenvalue weighted by Crippen LogP contribution is -2.47. The summed E-state index contributed by atoms with van der Waals surface area (Å²) in [4.78, 5) is 16.3. The quantitative estimate of drug-likeness (QED) is 0.688. The van der Waals surface area contributed by atoms with Gasteiger partial charge in [-0.05, 0) is 29.4 Å². The van der Waals surface area contributed by atoms with E-state index in [0.29, 0.717) is 6.54 Å². The molecule has 0 atom stereocenters. The highest BCUT2D eigenvalue weighted by molar-refractivity contribution is 5.90. The Morgan fingerprint density at radius 3 is 2.65 bits per heavy atom. The van der Waals surface area contributed by atoms with Crippen molar-refractivity contribution in [3.63, 3.8) is 0 Å². The Kier molecular flexibility index (Phi) is 5.00. The minimum Gasteiger partial charge on any atom is -0.304 e. The van der Waals surface area contributed by atoms with Crippen LogP contribution in [-0.2, 0) is 4.79 Å². The highest BCUT2D eigenvalue weighted by atomic mass is 16.2. The second-order valence-corrected chi connectivity index (χ2v) is 5.98. The molecule has 120 valence electrons. The number of carbonyl (C=O) groups is 1. The fourth-order valence-corrected chi connectivity index (χ4v) is 2.71. The Bertz CT molecular complexity index is 705. The van der Waals surface area contributed by atoms with Gasteiger partial charge in [-0.25, -0.2) is 5.43 Å². The zero-order valence-corrected chi connectivity index (χ0v) is 13.4. The molecule has 2 aromatic carbocycles. The van der Waals surface area contributed by atoms with Crippen molar-refractivity contribution in [2.24, 2.45) is 5.10 Å². The largest absolute Gasteiger partial charge is 0.304 e. The molecule has 1 saturated heterocycles. The third-order valence-electron chi connectivity index (χ3n) is 4.14. The number of amides is 1. The van der Waals surface area contributed by atoms with Crippen LogP contribution in [0.5, 0.6) is 0 Å². The second-order valence-electron chi connectivity index (χ2n) is 5.98. The molecule has 0 unspecified atom stereocenters. The number of hydrazone groups is 1. The molecule has 1 aliphatic rings. The van der Waals surface area contributed by atoms with Crippen LogP contribution in [0.4, 0.5) is 0 Å². The van der Waals surface area contributed by atoms with E-state index in [9.17, 15) is 4.79 Å². The van der Waals surface area contributed by atoms with Crippen LogP contribution in [-0.4, -0.2) is 61.7 Å². The fraction of sp³-hybridized carbons (Fsp3) is 0.333. The average Bonchev–Trinajstić information content (AvgIpc) is 2.57. The van der Waals surface area contributed by atoms with E-state index >= 15 is 0 Å². The predicted octanol–water partition coefficient (Wildman–Crippen LogP) is 1.54. The lowest BCUT2D eigenvalue weighted by Gasteiger charge is -2.31. The van der Waals surface area contributed by atoms with Gasteiger partial charge in [0.25, 0.3) is 5.91 Å². The third-order valence-corrected chi connectivity index (χ3v) is 4.14. The molecular formula is C18H22N4O. The summed E-state index contributed by atoms with van der Waals surface area (Å²) in [5.41, 5.74) is 3.59. The van der Waals surface area contributed by atoms with E-state index in [1.54, 1.807) is 6.21 Å². The van der Waals surface area contributed by atoms with E-state index in [-0.39, 0.29) is 5.91 Å². The summed E-state index contributed by atoms with van der Waals surface area (Å²) in [6.45, 7) is 4.28. The SMILES string of the molecule is CN1CCN(CC(=O)NN=Cc2ccc3ccccc3c2)CC1. The number of piperazine rings is 1. The summed E-state index contributed by atoms with van der Waals surface area (Å²) in [7, 11) is 2.10. The Labute approximate surface area is 136 Å². The van der Waals surface area contributed by atoms with Gasteiger partial charge in [-0.15, -0.1) is 0 Å². The molecule has 1 fully saturated rings. The zero-order chi connectivity index (χ0) is 16.1. The van der Waals surface area contributed by atoms with Crippen molar-refractivity contribution in [2.45, 2.75) is 0 Å². The Morgan fingerprint density at radius 1 is 1.13 bits per heavy atom. The van der Waals surface area contributed by atoms with Gasteiger partial charge in [-0.2, -0.15) is 5.10 Å². The first-order valence-electron chi connectivity index (χ1n) is 7.92. The predicted molar refractivity (Wildman–Crippen MR) is 93.6 cm³/mol. The molecule has 2 aromatic rings. The number of rotatable bonds is 4. The van der Waals surface area contributed by atoms with Crippen molar-refractivity contribution in [3.8, 4) is 0 Å². The first-order chi connectivity index (χ1) is 11.2. The van der Waals surface area contributed by atoms with E-state index in [2.05, 4.69) is 51.6 Å². The van der Waals surface area contributed by atoms with Gasteiger partial charge in [0.05, 0.1) is 12.8 Å². The molecule has 1 N–H and O–H groups in total. The van der Waals surface area contributed by atoms with Gasteiger partial charge in [0.2, 0.25) is 0 Å². The van der Waals surface area contributed by atoms with Crippen molar-refractivity contribution in [2.75, 3.05) is 39.8 Å². The normalized spacial score (nSPS) is 16.9. The van der Waals surface area contributed by atoms with Gasteiger partial charge >= 0.3 is 0 Å². The number of nitrogens with one attached hydrogen (secondary N) is 1. The number of hydrogen-bond acceptors (Lipinski definition) is 4. The summed E-state index contributed by atoms with van der Waals surface area (Å²) in [6, 6.07) is 14.3. The van der Waals surface area contributed by atoms with Crippen LogP contribution in [0, 0.1) is 0 Å². The molecule has 5 heteroatoms. The van der Waals surface area contributed by atoms with Crippen molar-refractivity contribution >= 4 is 22.9 Å². The number of nitrogens with zero attached hydrogens (tertiary/aromatic N) is 3. The molecule has 1 aliphatic heterocycles. The van der Waals surface area contributed by atoms with Crippen LogP contribution in [0.25, 0.3) is 10.8 Å². The molecule has 3 rings (SSSR count). The third kappa shape index (κ3) is 4.37. The molecular weight excluding hydrogens is 288 g/mol. The van der Waals surface area contributed by atoms with Gasteiger partial charge in [0.1, 0.15) is 0 Å². The molecule has 5 nitrogen and oxygen atoms in total. The number of carbonyl (C=O) groups excluding carboxylic acids is 1. The standard InChI is InChI=1S/C18H22N4O/c1-21-8-10-22(11-9-21)14-18(23)20-19-13-15-6-7-16-4-2-3-5-17(16)12-15/h2-7,12-13H,8-11,14H2,1H3,(H,20,23). The van der Waals surface area contributed by atoms with E-state index in [0.717, 1.165) is 31.7 Å². The van der Waals surface area contributed by atoms with Crippen molar-refractivity contribution in [3.05, 3.63) is 48.0 Å². The molecule has 0 spiro atoms. The van der Waals surface area contributed by atoms with Crippen LogP contribution >= 0.6 is 0 Å². The van der Waals surface area contributed by atoms with Crippen molar-refractivity contribution in [1.82, 2.24) is 15.2 Å². The van der Waals surface area contributed by atoms with Gasteiger partial charge in [0.15, 0.2) is 0 Å². The van der Waals surface area contributed by atoms with E-state index < -0.39 is 0 Å². The fourth-order valence-electron chi connectivity index (χ4n) is 2.71. The molecule has 1 amide bonds. The van der Waals surface area contributed by atoms with E-state index in [1.807, 2.05) is 18.2 Å². The number of hydrogen-bond donors (Lipinski definition) is 1. The second kappa shape index (κ2) is 7.35. The minimum absolute atomic E-state index is 0.0633. The highest BCUT2D eigenvalue weighted by Gasteiger charge is 2.15. The lowest BCUT2D eigenvalue weighted by molar-refractivity contribution is -0.122. The number of likely N-dealkylation sites (N-methyl/N-ethyl adjacent to an activating group) is 1. The number of benzene rings is 2. The van der Waals surface area contributed by atoms with E-state index in [1.165, 1.54) is 10.8 Å².